The quantitative estimate of drug-likeness (QED) is 0.766. The van der Waals surface area contributed by atoms with Crippen LogP contribution >= 0.6 is 0 Å². The second-order valence-electron chi connectivity index (χ2n) is 3.91. The van der Waals surface area contributed by atoms with Crippen LogP contribution in [0.3, 0.4) is 0 Å². The minimum absolute atomic E-state index is 0.0512. The third-order valence-electron chi connectivity index (χ3n) is 2.81. The Morgan fingerprint density at radius 1 is 1.11 bits per heavy atom. The Balaban J connectivity index is 2.53. The highest BCUT2D eigenvalue weighted by Crippen LogP contribution is 2.29. The first-order valence-electron chi connectivity index (χ1n) is 5.35. The number of aliphatic hydroxyl groups is 2. The lowest BCUT2D eigenvalue weighted by atomic mass is 9.87. The number of Topliss-reactive ketones (excluding diaryl/α,β-unsaturated/α-hetero) is 1. The lowest BCUT2D eigenvalue weighted by Gasteiger charge is -2.22. The Bertz CT molecular complexity index is 532. The van der Waals surface area contributed by atoms with Crippen molar-refractivity contribution in [2.24, 2.45) is 0 Å². The molecule has 18 heavy (non-hydrogen) atoms. The van der Waals surface area contributed by atoms with Gasteiger partial charge in [-0.3, -0.25) is 9.59 Å². The van der Waals surface area contributed by atoms with Crippen LogP contribution in [0.15, 0.2) is 30.3 Å². The highest BCUT2D eigenvalue weighted by Gasteiger charge is 2.37. The van der Waals surface area contributed by atoms with E-state index in [2.05, 4.69) is 0 Å². The van der Waals surface area contributed by atoms with Crippen LogP contribution in [0.5, 0.6) is 5.75 Å². The molecule has 0 unspecified atom stereocenters. The van der Waals surface area contributed by atoms with Crippen molar-refractivity contribution in [1.29, 1.82) is 0 Å². The van der Waals surface area contributed by atoms with E-state index in [0.717, 1.165) is 6.08 Å². The van der Waals surface area contributed by atoms with Gasteiger partial charge in [0.15, 0.2) is 17.7 Å². The summed E-state index contributed by atoms with van der Waals surface area (Å²) in [5.74, 6) is -0.955. The molecule has 0 aliphatic heterocycles. The maximum Gasteiger partial charge on any atom is 0.195 e. The van der Waals surface area contributed by atoms with Gasteiger partial charge in [0, 0.05) is 11.1 Å². The molecular weight excluding hydrogens is 236 g/mol. The van der Waals surface area contributed by atoms with Crippen LogP contribution in [-0.4, -0.2) is 41.1 Å². The molecule has 94 valence electrons. The molecule has 1 aliphatic carbocycles. The van der Waals surface area contributed by atoms with Crippen LogP contribution in [-0.2, 0) is 9.59 Å². The molecule has 0 aromatic heterocycles. The maximum absolute atomic E-state index is 11.9. The summed E-state index contributed by atoms with van der Waals surface area (Å²) in [6.07, 6.45) is -2.37. The summed E-state index contributed by atoms with van der Waals surface area (Å²) in [6.45, 7) is 0. The number of rotatable bonds is 2. The zero-order valence-electron chi connectivity index (χ0n) is 9.66. The van der Waals surface area contributed by atoms with E-state index in [0.29, 0.717) is 11.3 Å². The van der Waals surface area contributed by atoms with Crippen LogP contribution in [0.1, 0.15) is 5.56 Å². The van der Waals surface area contributed by atoms with Gasteiger partial charge in [0.25, 0.3) is 0 Å². The highest BCUT2D eigenvalue weighted by atomic mass is 16.5. The molecule has 0 bridgehead atoms. The Hall–Kier alpha value is -1.98. The van der Waals surface area contributed by atoms with Gasteiger partial charge in [-0.25, -0.2) is 0 Å². The number of carbonyl (C=O) groups is 2. The number of benzene rings is 1. The average molecular weight is 248 g/mol. The van der Waals surface area contributed by atoms with Gasteiger partial charge in [0.05, 0.1) is 7.11 Å². The first kappa shape index (κ1) is 12.5. The summed E-state index contributed by atoms with van der Waals surface area (Å²) < 4.78 is 5.10. The lowest BCUT2D eigenvalue weighted by molar-refractivity contribution is -0.138. The van der Waals surface area contributed by atoms with E-state index in [4.69, 9.17) is 4.74 Å². The zero-order valence-corrected chi connectivity index (χ0v) is 9.66. The number of hydrogen-bond acceptors (Lipinski definition) is 5. The Morgan fingerprint density at radius 2 is 1.78 bits per heavy atom. The summed E-state index contributed by atoms with van der Waals surface area (Å²) >= 11 is 0. The highest BCUT2D eigenvalue weighted by molar-refractivity contribution is 6.31. The number of ketones is 2. The smallest absolute Gasteiger partial charge is 0.195 e. The molecule has 0 amide bonds. The number of aliphatic hydroxyl groups excluding tert-OH is 2. The normalized spacial score (nSPS) is 23.8. The van der Waals surface area contributed by atoms with Crippen LogP contribution < -0.4 is 4.74 Å². The van der Waals surface area contributed by atoms with Crippen LogP contribution in [0.25, 0.3) is 5.57 Å². The molecule has 5 nitrogen and oxygen atoms in total. The third-order valence-corrected chi connectivity index (χ3v) is 2.81. The van der Waals surface area contributed by atoms with Crippen molar-refractivity contribution in [1.82, 2.24) is 0 Å². The van der Waals surface area contributed by atoms with Crippen LogP contribution in [0.2, 0.25) is 0 Å². The minimum Gasteiger partial charge on any atom is -0.496 e. The molecule has 2 atom stereocenters. The van der Waals surface area contributed by atoms with E-state index < -0.39 is 23.8 Å². The van der Waals surface area contributed by atoms with Gasteiger partial charge < -0.3 is 14.9 Å². The molecule has 0 fully saturated rings. The second kappa shape index (κ2) is 4.72. The van der Waals surface area contributed by atoms with Crippen LogP contribution in [0.4, 0.5) is 0 Å². The Morgan fingerprint density at radius 3 is 2.44 bits per heavy atom. The van der Waals surface area contributed by atoms with E-state index in [1.807, 2.05) is 0 Å². The summed E-state index contributed by atoms with van der Waals surface area (Å²) in [5.41, 5.74) is 0.472. The summed E-state index contributed by atoms with van der Waals surface area (Å²) in [6, 6.07) is 6.67. The molecule has 0 radical (unpaired) electrons. The van der Waals surface area contributed by atoms with Crippen molar-refractivity contribution in [3.05, 3.63) is 35.9 Å². The Kier molecular flexibility index (Phi) is 3.27. The molecule has 0 spiro atoms. The first-order chi connectivity index (χ1) is 8.56. The molecule has 0 saturated heterocycles. The van der Waals surface area contributed by atoms with Gasteiger partial charge in [-0.15, -0.1) is 0 Å². The summed E-state index contributed by atoms with van der Waals surface area (Å²) in [5, 5.41) is 18.8. The molecule has 1 aromatic carbocycles. The van der Waals surface area contributed by atoms with Crippen molar-refractivity contribution in [2.45, 2.75) is 12.2 Å². The van der Waals surface area contributed by atoms with Crippen molar-refractivity contribution >= 4 is 17.1 Å². The van der Waals surface area contributed by atoms with Crippen molar-refractivity contribution in [2.75, 3.05) is 7.11 Å². The molecule has 0 saturated carbocycles. The summed E-state index contributed by atoms with van der Waals surface area (Å²) in [7, 11) is 1.44. The molecule has 1 aromatic rings. The second-order valence-corrected chi connectivity index (χ2v) is 3.91. The molecule has 0 heterocycles. The van der Waals surface area contributed by atoms with Gasteiger partial charge >= 0.3 is 0 Å². The van der Waals surface area contributed by atoms with E-state index in [1.165, 1.54) is 7.11 Å². The van der Waals surface area contributed by atoms with Crippen LogP contribution in [0, 0.1) is 0 Å². The third kappa shape index (κ3) is 1.94. The summed E-state index contributed by atoms with van der Waals surface area (Å²) in [4.78, 5) is 23.3. The van der Waals surface area contributed by atoms with Crippen molar-refractivity contribution in [3.8, 4) is 5.75 Å². The topological polar surface area (TPSA) is 83.8 Å². The maximum atomic E-state index is 11.9. The van der Waals surface area contributed by atoms with Crippen molar-refractivity contribution in [3.63, 3.8) is 0 Å². The molecule has 5 heteroatoms. The van der Waals surface area contributed by atoms with E-state index in [9.17, 15) is 19.8 Å². The number of methoxy groups -OCH3 is 1. The SMILES string of the molecule is COc1ccccc1C1=CC(=O)[C@H](O)[C@H](O)C1=O. The van der Waals surface area contributed by atoms with Gasteiger partial charge in [-0.05, 0) is 12.1 Å². The molecule has 2 rings (SSSR count). The standard InChI is InChI=1S/C13H12O5/c1-18-10-5-3-2-4-7(10)8-6-9(14)12(16)13(17)11(8)15/h2-6,12-13,16-17H,1H3/t12-,13+/m0/s1. The fourth-order valence-electron chi connectivity index (χ4n) is 1.83. The van der Waals surface area contributed by atoms with Gasteiger partial charge in [-0.2, -0.15) is 0 Å². The van der Waals surface area contributed by atoms with Gasteiger partial charge in [-0.1, -0.05) is 18.2 Å². The molecular formula is C13H12O5. The van der Waals surface area contributed by atoms with Crippen molar-refractivity contribution < 1.29 is 24.5 Å². The monoisotopic (exact) mass is 248 g/mol. The molecule has 2 N–H and O–H groups in total. The van der Waals surface area contributed by atoms with E-state index in [1.54, 1.807) is 24.3 Å². The largest absolute Gasteiger partial charge is 0.496 e. The van der Waals surface area contributed by atoms with E-state index >= 15 is 0 Å². The van der Waals surface area contributed by atoms with Gasteiger partial charge in [0.2, 0.25) is 0 Å². The lowest BCUT2D eigenvalue weighted by Crippen LogP contribution is -2.43. The average Bonchev–Trinajstić information content (AvgIpc) is 2.40. The Labute approximate surface area is 103 Å². The number of ether oxygens (including phenoxy) is 1. The fourth-order valence-corrected chi connectivity index (χ4v) is 1.83. The first-order valence-corrected chi connectivity index (χ1v) is 5.35. The number of para-hydroxylation sites is 1. The number of hydrogen-bond donors (Lipinski definition) is 2. The number of carbonyl (C=O) groups excluding carboxylic acids is 2. The molecule has 1 aliphatic rings. The fraction of sp³-hybridized carbons (Fsp3) is 0.231. The predicted molar refractivity (Wildman–Crippen MR) is 63.0 cm³/mol. The zero-order chi connectivity index (χ0) is 13.3. The van der Waals surface area contributed by atoms with E-state index in [-0.39, 0.29) is 5.57 Å². The van der Waals surface area contributed by atoms with Gasteiger partial charge in [0.1, 0.15) is 11.9 Å². The minimum atomic E-state index is -1.72. The predicted octanol–water partition coefficient (Wildman–Crippen LogP) is -0.0478.